The summed E-state index contributed by atoms with van der Waals surface area (Å²) in [5.74, 6) is -0.927. The van der Waals surface area contributed by atoms with Crippen LogP contribution < -0.4 is 14.2 Å². The maximum atomic E-state index is 12.9. The third kappa shape index (κ3) is 4.24. The molecule has 1 aromatic heterocycles. The number of hydrogen-bond acceptors (Lipinski definition) is 8. The van der Waals surface area contributed by atoms with Crippen LogP contribution in [0.3, 0.4) is 0 Å². The number of ketones is 1. The third-order valence-corrected chi connectivity index (χ3v) is 4.65. The molecule has 2 rings (SSSR count). The van der Waals surface area contributed by atoms with Crippen molar-refractivity contribution in [2.45, 2.75) is 26.9 Å². The fourth-order valence-electron chi connectivity index (χ4n) is 3.07. The third-order valence-electron chi connectivity index (χ3n) is 4.65. The van der Waals surface area contributed by atoms with Crippen LogP contribution in [0.25, 0.3) is 0 Å². The molecule has 0 radical (unpaired) electrons. The van der Waals surface area contributed by atoms with E-state index in [2.05, 4.69) is 4.98 Å². The van der Waals surface area contributed by atoms with Crippen molar-refractivity contribution in [2.75, 3.05) is 28.4 Å². The number of aromatic nitrogens is 1. The van der Waals surface area contributed by atoms with Gasteiger partial charge in [0.25, 0.3) is 0 Å². The van der Waals surface area contributed by atoms with E-state index < -0.39 is 23.8 Å². The molecule has 1 heterocycles. The van der Waals surface area contributed by atoms with E-state index in [9.17, 15) is 14.4 Å². The second-order valence-corrected chi connectivity index (χ2v) is 6.44. The Morgan fingerprint density at radius 2 is 1.43 bits per heavy atom. The summed E-state index contributed by atoms with van der Waals surface area (Å²) >= 11 is 0. The zero-order valence-electron chi connectivity index (χ0n) is 18.0. The van der Waals surface area contributed by atoms with E-state index >= 15 is 0 Å². The van der Waals surface area contributed by atoms with Crippen molar-refractivity contribution in [1.82, 2.24) is 4.98 Å². The molecule has 2 aromatic rings. The van der Waals surface area contributed by atoms with Gasteiger partial charge in [0.2, 0.25) is 5.78 Å². The predicted octanol–water partition coefficient (Wildman–Crippen LogP) is 2.87. The quantitative estimate of drug-likeness (QED) is 0.513. The van der Waals surface area contributed by atoms with Gasteiger partial charge in [-0.1, -0.05) is 0 Å². The Kier molecular flexibility index (Phi) is 7.10. The highest BCUT2D eigenvalue weighted by Crippen LogP contribution is 2.35. The first kappa shape index (κ1) is 22.8. The number of esters is 2. The molecule has 1 unspecified atom stereocenters. The van der Waals surface area contributed by atoms with Gasteiger partial charge in [-0.25, -0.2) is 9.59 Å². The lowest BCUT2D eigenvalue weighted by Gasteiger charge is -2.16. The first-order valence-electron chi connectivity index (χ1n) is 9.02. The van der Waals surface area contributed by atoms with Gasteiger partial charge < -0.3 is 28.7 Å². The van der Waals surface area contributed by atoms with E-state index in [1.54, 1.807) is 13.8 Å². The monoisotopic (exact) mass is 419 g/mol. The largest absolute Gasteiger partial charge is 0.496 e. The van der Waals surface area contributed by atoms with E-state index in [0.717, 1.165) is 0 Å². The molecule has 0 aliphatic rings. The number of nitrogens with one attached hydrogen (secondary N) is 1. The molecule has 0 amide bonds. The summed E-state index contributed by atoms with van der Waals surface area (Å²) in [6.45, 7) is 4.72. The summed E-state index contributed by atoms with van der Waals surface area (Å²) in [6, 6.07) is 2.90. The van der Waals surface area contributed by atoms with Crippen LogP contribution in [0.4, 0.5) is 0 Å². The van der Waals surface area contributed by atoms with Crippen molar-refractivity contribution in [2.24, 2.45) is 0 Å². The molecule has 0 saturated carbocycles. The minimum absolute atomic E-state index is 0.0736. The minimum atomic E-state index is -1.13. The summed E-state index contributed by atoms with van der Waals surface area (Å²) in [4.78, 5) is 40.4. The number of benzene rings is 1. The molecule has 162 valence electrons. The number of Topliss-reactive ketones (excluding diaryl/α,β-unsaturated/α-hetero) is 1. The Morgan fingerprint density at radius 1 is 0.867 bits per heavy atom. The Hall–Kier alpha value is -3.49. The van der Waals surface area contributed by atoms with Gasteiger partial charge in [-0.05, 0) is 26.3 Å². The molecule has 0 spiro atoms. The summed E-state index contributed by atoms with van der Waals surface area (Å²) in [7, 11) is 5.54. The Bertz CT molecular complexity index is 976. The molecule has 30 heavy (non-hydrogen) atoms. The number of carbonyl (C=O) groups excluding carboxylic acids is 3. The number of aryl methyl sites for hydroxylation is 1. The molecule has 1 N–H and O–H groups in total. The van der Waals surface area contributed by atoms with E-state index in [1.165, 1.54) is 47.5 Å². The van der Waals surface area contributed by atoms with Gasteiger partial charge in [-0.2, -0.15) is 0 Å². The molecule has 9 heteroatoms. The molecule has 0 bridgehead atoms. The minimum Gasteiger partial charge on any atom is -0.496 e. The van der Waals surface area contributed by atoms with Crippen molar-refractivity contribution in [3.05, 3.63) is 40.2 Å². The van der Waals surface area contributed by atoms with Crippen molar-refractivity contribution in [1.29, 1.82) is 0 Å². The fourth-order valence-corrected chi connectivity index (χ4v) is 3.07. The highest BCUT2D eigenvalue weighted by Gasteiger charge is 2.29. The van der Waals surface area contributed by atoms with Crippen molar-refractivity contribution in [3.8, 4) is 17.2 Å². The second-order valence-electron chi connectivity index (χ2n) is 6.44. The molecule has 1 aromatic carbocycles. The first-order chi connectivity index (χ1) is 14.2. The molecule has 0 aliphatic heterocycles. The normalized spacial score (nSPS) is 11.4. The lowest BCUT2D eigenvalue weighted by Crippen LogP contribution is -2.25. The van der Waals surface area contributed by atoms with E-state index in [0.29, 0.717) is 22.8 Å². The zero-order chi connectivity index (χ0) is 22.6. The van der Waals surface area contributed by atoms with Crippen molar-refractivity contribution >= 4 is 17.7 Å². The molecule has 1 atom stereocenters. The average molecular weight is 419 g/mol. The number of H-pyrrole nitrogens is 1. The van der Waals surface area contributed by atoms with Crippen LogP contribution in [0, 0.1) is 13.8 Å². The van der Waals surface area contributed by atoms with Crippen molar-refractivity contribution in [3.63, 3.8) is 0 Å². The topological polar surface area (TPSA) is 113 Å². The number of rotatable bonds is 8. The van der Waals surface area contributed by atoms with Crippen LogP contribution in [0.15, 0.2) is 12.1 Å². The molecule has 0 saturated heterocycles. The van der Waals surface area contributed by atoms with Gasteiger partial charge in [-0.15, -0.1) is 0 Å². The van der Waals surface area contributed by atoms with E-state index in [-0.39, 0.29) is 22.6 Å². The van der Waals surface area contributed by atoms with Gasteiger partial charge in [0.05, 0.1) is 39.7 Å². The molecule has 0 aliphatic carbocycles. The number of methoxy groups -OCH3 is 4. The average Bonchev–Trinajstić information content (AvgIpc) is 3.04. The highest BCUT2D eigenvalue weighted by molar-refractivity contribution is 6.05. The Labute approximate surface area is 174 Å². The first-order valence-corrected chi connectivity index (χ1v) is 9.02. The van der Waals surface area contributed by atoms with Crippen LogP contribution in [0.5, 0.6) is 17.2 Å². The second kappa shape index (κ2) is 9.34. The molecular formula is C21H25NO8. The highest BCUT2D eigenvalue weighted by atomic mass is 16.6. The SMILES string of the molecule is COC(=O)c1c(C)[nH]c(C(=O)C(C)OC(=O)c2cc(OC)c(OC)cc2OC)c1C. The molecule has 0 fully saturated rings. The Morgan fingerprint density at radius 3 is 1.97 bits per heavy atom. The number of carbonyl (C=O) groups is 3. The summed E-state index contributed by atoms with van der Waals surface area (Å²) in [5.41, 5.74) is 1.44. The zero-order valence-corrected chi connectivity index (χ0v) is 18.0. The summed E-state index contributed by atoms with van der Waals surface area (Å²) in [5, 5.41) is 0. The summed E-state index contributed by atoms with van der Waals surface area (Å²) in [6.07, 6.45) is -1.13. The molecule has 9 nitrogen and oxygen atoms in total. The maximum Gasteiger partial charge on any atom is 0.342 e. The molecular weight excluding hydrogens is 394 g/mol. The van der Waals surface area contributed by atoms with Gasteiger partial charge in [-0.3, -0.25) is 4.79 Å². The Balaban J connectivity index is 2.30. The number of aromatic amines is 1. The van der Waals surface area contributed by atoms with Gasteiger partial charge in [0.15, 0.2) is 17.6 Å². The number of hydrogen-bond donors (Lipinski definition) is 1. The number of ether oxygens (including phenoxy) is 5. The van der Waals surface area contributed by atoms with Gasteiger partial charge >= 0.3 is 11.9 Å². The lowest BCUT2D eigenvalue weighted by atomic mass is 10.1. The van der Waals surface area contributed by atoms with Crippen molar-refractivity contribution < 1.29 is 38.1 Å². The predicted molar refractivity (Wildman–Crippen MR) is 107 cm³/mol. The lowest BCUT2D eigenvalue weighted by molar-refractivity contribution is 0.0313. The van der Waals surface area contributed by atoms with E-state index in [4.69, 9.17) is 23.7 Å². The van der Waals surface area contributed by atoms with Crippen LogP contribution in [-0.2, 0) is 9.47 Å². The smallest absolute Gasteiger partial charge is 0.342 e. The van der Waals surface area contributed by atoms with Crippen LogP contribution in [0.1, 0.15) is 49.4 Å². The van der Waals surface area contributed by atoms with Crippen LogP contribution in [0.2, 0.25) is 0 Å². The van der Waals surface area contributed by atoms with Gasteiger partial charge in [0.1, 0.15) is 11.3 Å². The summed E-state index contributed by atoms with van der Waals surface area (Å²) < 4.78 is 25.7. The fraction of sp³-hybridized carbons (Fsp3) is 0.381. The van der Waals surface area contributed by atoms with E-state index in [1.807, 2.05) is 0 Å². The maximum absolute atomic E-state index is 12.9. The van der Waals surface area contributed by atoms with Crippen LogP contribution >= 0.6 is 0 Å². The van der Waals surface area contributed by atoms with Gasteiger partial charge in [0, 0.05) is 17.8 Å². The van der Waals surface area contributed by atoms with Crippen LogP contribution in [-0.4, -0.2) is 57.2 Å². The standard InChI is InChI=1S/C21H25NO8/c1-10-17(21(25)29-7)11(2)22-18(10)19(23)12(3)30-20(24)13-8-15(27-5)16(28-6)9-14(13)26-4/h8-9,12,22H,1-7H3.